The number of amides is 8. The number of carboxylic acids is 2. The summed E-state index contributed by atoms with van der Waals surface area (Å²) >= 11 is 1.46. The average molecular weight is 899 g/mol. The quantitative estimate of drug-likeness (QED) is 0.0526. The van der Waals surface area contributed by atoms with Crippen molar-refractivity contribution in [2.45, 2.75) is 95.5 Å². The first-order valence-electron chi connectivity index (χ1n) is 20.0. The Bertz CT molecular complexity index is 1900. The number of hydrogen-bond donors (Lipinski definition) is 9. The lowest BCUT2D eigenvalue weighted by Gasteiger charge is -2.32. The van der Waals surface area contributed by atoms with Crippen molar-refractivity contribution in [3.63, 3.8) is 0 Å². The molecule has 10 N–H and O–H groups in total. The molecule has 0 heterocycles. The highest BCUT2D eigenvalue weighted by atomic mass is 32.2. The molecule has 0 aliphatic heterocycles. The minimum absolute atomic E-state index is 0.0682. The Hall–Kier alpha value is -6.51. The maximum absolute atomic E-state index is 14.5. The third-order valence-corrected chi connectivity index (χ3v) is 10.1. The number of benzene rings is 2. The number of nitrogens with two attached hydrogens (primary N) is 1. The van der Waals surface area contributed by atoms with Crippen LogP contribution >= 0.6 is 11.8 Å². The van der Waals surface area contributed by atoms with Gasteiger partial charge in [-0.2, -0.15) is 11.8 Å². The molecule has 8 amide bonds. The molecule has 20 nitrogen and oxygen atoms in total. The first-order chi connectivity index (χ1) is 29.7. The zero-order valence-electron chi connectivity index (χ0n) is 35.9. The summed E-state index contributed by atoms with van der Waals surface area (Å²) in [6.07, 6.45) is 0.174. The van der Waals surface area contributed by atoms with E-state index in [-0.39, 0.29) is 31.6 Å². The molecule has 0 aliphatic rings. The summed E-state index contributed by atoms with van der Waals surface area (Å²) in [5.41, 5.74) is 6.65. The topological polar surface area (TPSA) is 313 Å². The van der Waals surface area contributed by atoms with Crippen LogP contribution in [0, 0.1) is 5.92 Å². The van der Waals surface area contributed by atoms with Crippen molar-refractivity contribution >= 4 is 71.0 Å². The number of hydrogen-bond acceptors (Lipinski definition) is 11. The van der Waals surface area contributed by atoms with E-state index >= 15 is 0 Å². The molecule has 344 valence electrons. The lowest BCUT2D eigenvalue weighted by atomic mass is 10.0. The van der Waals surface area contributed by atoms with Gasteiger partial charge < -0.3 is 52.7 Å². The Labute approximate surface area is 369 Å². The molecule has 0 saturated carbocycles. The zero-order valence-corrected chi connectivity index (χ0v) is 36.7. The number of likely N-dealkylation sites (N-methyl/N-ethyl adjacent to an activating group) is 1. The molecule has 0 bridgehead atoms. The van der Waals surface area contributed by atoms with Crippen molar-refractivity contribution in [3.8, 4) is 0 Å². The molecule has 0 radical (unpaired) electrons. The van der Waals surface area contributed by atoms with Gasteiger partial charge in [0.05, 0.1) is 19.4 Å². The minimum Gasteiger partial charge on any atom is -0.481 e. The van der Waals surface area contributed by atoms with Gasteiger partial charge in [0, 0.05) is 26.8 Å². The van der Waals surface area contributed by atoms with E-state index in [2.05, 4.69) is 31.9 Å². The Morgan fingerprint density at radius 1 is 0.651 bits per heavy atom. The standard InChI is InChI=1S/C42H58N8O12S/c1-24(2)18-29(38(58)47-28(37(43)57)16-17-63-5)46-34(52)23-44-41(61)33(20-27-14-10-7-11-15-27)50(4)42(62)32(19-26-12-8-6-9-13-26)49-40(60)31(22-36(55)56)48-39(59)30(21-35(53)54)45-25(3)51/h6-15,24,28-33H,16-23H2,1-5H3,(H2,43,57)(H,44,61)(H,45,51)(H,46,52)(H,47,58)(H,48,59)(H,49,60)(H,53,54)(H,55,56)/t28-,29-,30-,31-,32-,33-/m0/s1. The maximum atomic E-state index is 14.5. The molecule has 6 atom stereocenters. The number of aliphatic carboxylic acids is 2. The van der Waals surface area contributed by atoms with Gasteiger partial charge >= 0.3 is 11.9 Å². The monoisotopic (exact) mass is 898 g/mol. The summed E-state index contributed by atoms with van der Waals surface area (Å²) in [5, 5.41) is 33.4. The summed E-state index contributed by atoms with van der Waals surface area (Å²) in [6, 6.07) is 8.61. The van der Waals surface area contributed by atoms with Crippen molar-refractivity contribution in [3.05, 3.63) is 71.8 Å². The van der Waals surface area contributed by atoms with E-state index in [4.69, 9.17) is 5.73 Å². The predicted molar refractivity (Wildman–Crippen MR) is 231 cm³/mol. The number of primary amides is 1. The lowest BCUT2D eigenvalue weighted by Crippen LogP contribution is -2.60. The van der Waals surface area contributed by atoms with Crippen molar-refractivity contribution < 1.29 is 58.2 Å². The Morgan fingerprint density at radius 3 is 1.60 bits per heavy atom. The van der Waals surface area contributed by atoms with E-state index in [1.54, 1.807) is 60.7 Å². The largest absolute Gasteiger partial charge is 0.481 e. The fraction of sp³-hybridized carbons (Fsp3) is 0.476. The normalized spacial score (nSPS) is 13.7. The van der Waals surface area contributed by atoms with Crippen molar-refractivity contribution in [1.82, 2.24) is 36.8 Å². The van der Waals surface area contributed by atoms with Gasteiger partial charge in [0.2, 0.25) is 47.3 Å². The lowest BCUT2D eigenvalue weighted by molar-refractivity contribution is -0.144. The van der Waals surface area contributed by atoms with Crippen LogP contribution in [0.15, 0.2) is 60.7 Å². The molecular weight excluding hydrogens is 841 g/mol. The summed E-state index contributed by atoms with van der Waals surface area (Å²) < 4.78 is 0. The van der Waals surface area contributed by atoms with Gasteiger partial charge in [-0.15, -0.1) is 0 Å². The van der Waals surface area contributed by atoms with Crippen LogP contribution in [-0.2, 0) is 60.8 Å². The van der Waals surface area contributed by atoms with Crippen LogP contribution < -0.4 is 37.6 Å². The van der Waals surface area contributed by atoms with Crippen LogP contribution in [0.3, 0.4) is 0 Å². The Kier molecular flexibility index (Phi) is 22.3. The fourth-order valence-corrected chi connectivity index (χ4v) is 6.75. The number of carboxylic acid groups (broad SMARTS) is 2. The van der Waals surface area contributed by atoms with Crippen LogP contribution in [-0.4, -0.2) is 136 Å². The molecule has 63 heavy (non-hydrogen) atoms. The number of rotatable bonds is 27. The second-order valence-electron chi connectivity index (χ2n) is 15.1. The smallest absolute Gasteiger partial charge is 0.305 e. The van der Waals surface area contributed by atoms with E-state index in [1.165, 1.54) is 18.8 Å². The molecule has 2 aromatic carbocycles. The van der Waals surface area contributed by atoms with Crippen LogP contribution in [0.2, 0.25) is 0 Å². The zero-order chi connectivity index (χ0) is 47.2. The predicted octanol–water partition coefficient (Wildman–Crippen LogP) is -0.907. The van der Waals surface area contributed by atoms with Gasteiger partial charge in [0.25, 0.3) is 0 Å². The van der Waals surface area contributed by atoms with Gasteiger partial charge in [-0.05, 0) is 41.9 Å². The molecule has 0 unspecified atom stereocenters. The SMILES string of the molecule is CSCC[C@H](NC(=O)[C@H](CC(C)C)NC(=O)CNC(=O)[C@H](Cc1ccccc1)N(C)C(=O)[C@H](Cc1ccccc1)NC(=O)[C@H](CC(=O)O)NC(=O)[C@H](CC(=O)O)NC(C)=O)C(N)=O. The maximum Gasteiger partial charge on any atom is 0.305 e. The summed E-state index contributed by atoms with van der Waals surface area (Å²) in [6.45, 7) is 4.07. The number of nitrogens with one attached hydrogen (secondary N) is 6. The third-order valence-electron chi connectivity index (χ3n) is 9.42. The van der Waals surface area contributed by atoms with E-state index in [0.29, 0.717) is 16.9 Å². The second-order valence-corrected chi connectivity index (χ2v) is 16.1. The van der Waals surface area contributed by atoms with Crippen LogP contribution in [0.1, 0.15) is 57.6 Å². The van der Waals surface area contributed by atoms with Crippen molar-refractivity contribution in [1.29, 1.82) is 0 Å². The van der Waals surface area contributed by atoms with Crippen LogP contribution in [0.25, 0.3) is 0 Å². The summed E-state index contributed by atoms with van der Waals surface area (Å²) in [7, 11) is 1.30. The molecular formula is C42H58N8O12S. The minimum atomic E-state index is -1.85. The van der Waals surface area contributed by atoms with E-state index in [1.807, 2.05) is 20.1 Å². The molecule has 0 saturated heterocycles. The second kappa shape index (κ2) is 26.7. The van der Waals surface area contributed by atoms with Gasteiger partial charge in [-0.3, -0.25) is 47.9 Å². The van der Waals surface area contributed by atoms with Crippen LogP contribution in [0.4, 0.5) is 0 Å². The van der Waals surface area contributed by atoms with E-state index in [0.717, 1.165) is 11.8 Å². The van der Waals surface area contributed by atoms with Crippen LogP contribution in [0.5, 0.6) is 0 Å². The number of carbonyl (C=O) groups excluding carboxylic acids is 8. The molecule has 0 spiro atoms. The highest BCUT2D eigenvalue weighted by Gasteiger charge is 2.36. The summed E-state index contributed by atoms with van der Waals surface area (Å²) in [4.78, 5) is 130. The fourth-order valence-electron chi connectivity index (χ4n) is 6.28. The Balaban J connectivity index is 2.42. The van der Waals surface area contributed by atoms with Gasteiger partial charge in [-0.1, -0.05) is 74.5 Å². The van der Waals surface area contributed by atoms with Gasteiger partial charge in [-0.25, -0.2) is 0 Å². The number of thioether (sulfide) groups is 1. The first-order valence-corrected chi connectivity index (χ1v) is 21.4. The van der Waals surface area contributed by atoms with Crippen molar-refractivity contribution in [2.24, 2.45) is 11.7 Å². The average Bonchev–Trinajstić information content (AvgIpc) is 3.21. The molecule has 2 aromatic rings. The molecule has 0 aliphatic carbocycles. The van der Waals surface area contributed by atoms with Gasteiger partial charge in [0.1, 0.15) is 36.3 Å². The van der Waals surface area contributed by atoms with E-state index in [9.17, 15) is 58.2 Å². The molecule has 2 rings (SSSR count). The third kappa shape index (κ3) is 19.4. The highest BCUT2D eigenvalue weighted by molar-refractivity contribution is 7.98. The molecule has 0 aromatic heterocycles. The first kappa shape index (κ1) is 52.6. The highest BCUT2D eigenvalue weighted by Crippen LogP contribution is 2.14. The van der Waals surface area contributed by atoms with Crippen molar-refractivity contribution in [2.75, 3.05) is 25.6 Å². The molecule has 0 fully saturated rings. The van der Waals surface area contributed by atoms with E-state index < -0.39 is 115 Å². The number of nitrogens with zero attached hydrogens (tertiary/aromatic N) is 1. The van der Waals surface area contributed by atoms with Gasteiger partial charge in [0.15, 0.2) is 0 Å². The molecule has 21 heteroatoms. The number of carbonyl (C=O) groups is 10. The Morgan fingerprint density at radius 2 is 1.13 bits per heavy atom. The summed E-state index contributed by atoms with van der Waals surface area (Å²) in [5.74, 6) is -9.33.